The lowest BCUT2D eigenvalue weighted by atomic mass is 9.90. The van der Waals surface area contributed by atoms with Crippen molar-refractivity contribution in [3.8, 4) is 0 Å². The SMILES string of the molecule is CC[C@@H]1CN(C(C)=O)CC[C@@H]1NCc1cscn1. The van der Waals surface area contributed by atoms with E-state index in [1.807, 2.05) is 10.4 Å². The molecule has 0 aliphatic carbocycles. The second kappa shape index (κ2) is 6.29. The Morgan fingerprint density at radius 3 is 3.11 bits per heavy atom. The van der Waals surface area contributed by atoms with Crippen LogP contribution in [0.15, 0.2) is 10.9 Å². The van der Waals surface area contributed by atoms with Crippen LogP contribution in [0.1, 0.15) is 32.4 Å². The van der Waals surface area contributed by atoms with Crippen LogP contribution in [0, 0.1) is 5.92 Å². The van der Waals surface area contributed by atoms with E-state index in [-0.39, 0.29) is 5.91 Å². The lowest BCUT2D eigenvalue weighted by Gasteiger charge is -2.38. The summed E-state index contributed by atoms with van der Waals surface area (Å²) < 4.78 is 0. The number of piperidine rings is 1. The van der Waals surface area contributed by atoms with Crippen LogP contribution in [-0.4, -0.2) is 34.9 Å². The van der Waals surface area contributed by atoms with Crippen molar-refractivity contribution in [1.29, 1.82) is 0 Å². The van der Waals surface area contributed by atoms with E-state index in [2.05, 4.69) is 22.6 Å². The topological polar surface area (TPSA) is 45.2 Å². The van der Waals surface area contributed by atoms with E-state index in [0.29, 0.717) is 12.0 Å². The highest BCUT2D eigenvalue weighted by Gasteiger charge is 2.28. The highest BCUT2D eigenvalue weighted by atomic mass is 32.1. The largest absolute Gasteiger partial charge is 0.343 e. The zero-order chi connectivity index (χ0) is 13.0. The molecular weight excluding hydrogens is 246 g/mol. The van der Waals surface area contributed by atoms with Crippen molar-refractivity contribution in [2.45, 2.75) is 39.3 Å². The van der Waals surface area contributed by atoms with Gasteiger partial charge in [0.05, 0.1) is 11.2 Å². The number of nitrogens with one attached hydrogen (secondary N) is 1. The maximum Gasteiger partial charge on any atom is 0.219 e. The molecule has 18 heavy (non-hydrogen) atoms. The van der Waals surface area contributed by atoms with Gasteiger partial charge >= 0.3 is 0 Å². The molecule has 1 N–H and O–H groups in total. The number of hydrogen-bond acceptors (Lipinski definition) is 4. The van der Waals surface area contributed by atoms with E-state index < -0.39 is 0 Å². The average Bonchev–Trinajstić information content (AvgIpc) is 2.89. The minimum atomic E-state index is 0.200. The standard InChI is InChI=1S/C13H21N3OS/c1-3-11-7-16(10(2)17)5-4-13(11)14-6-12-8-18-9-15-12/h8-9,11,13-14H,3-7H2,1-2H3/t11-,13+/m1/s1. The number of amides is 1. The number of nitrogens with zero attached hydrogens (tertiary/aromatic N) is 2. The first-order valence-electron chi connectivity index (χ1n) is 6.56. The summed E-state index contributed by atoms with van der Waals surface area (Å²) in [5, 5.41) is 5.67. The Balaban J connectivity index is 1.86. The number of carbonyl (C=O) groups excluding carboxylic acids is 1. The van der Waals surface area contributed by atoms with Crippen molar-refractivity contribution in [2.75, 3.05) is 13.1 Å². The molecule has 100 valence electrons. The second-order valence-electron chi connectivity index (χ2n) is 4.89. The molecule has 2 heterocycles. The summed E-state index contributed by atoms with van der Waals surface area (Å²) in [5.74, 6) is 0.757. The molecule has 1 aliphatic heterocycles. The van der Waals surface area contributed by atoms with Crippen LogP contribution < -0.4 is 5.32 Å². The van der Waals surface area contributed by atoms with Gasteiger partial charge in [-0.25, -0.2) is 4.98 Å². The number of likely N-dealkylation sites (tertiary alicyclic amines) is 1. The molecule has 1 fully saturated rings. The monoisotopic (exact) mass is 267 g/mol. The Bertz CT molecular complexity index is 380. The molecule has 1 aliphatic rings. The molecule has 2 rings (SSSR count). The summed E-state index contributed by atoms with van der Waals surface area (Å²) in [7, 11) is 0. The molecule has 0 radical (unpaired) electrons. The maximum atomic E-state index is 11.4. The molecule has 0 bridgehead atoms. The van der Waals surface area contributed by atoms with Crippen molar-refractivity contribution in [1.82, 2.24) is 15.2 Å². The van der Waals surface area contributed by atoms with Gasteiger partial charge in [0, 0.05) is 38.0 Å². The van der Waals surface area contributed by atoms with E-state index >= 15 is 0 Å². The summed E-state index contributed by atoms with van der Waals surface area (Å²) in [6.07, 6.45) is 2.15. The predicted molar refractivity (Wildman–Crippen MR) is 73.4 cm³/mol. The summed E-state index contributed by atoms with van der Waals surface area (Å²) in [6.45, 7) is 6.47. The Labute approximate surface area is 112 Å². The minimum Gasteiger partial charge on any atom is -0.343 e. The van der Waals surface area contributed by atoms with Gasteiger partial charge in [0.1, 0.15) is 0 Å². The number of aromatic nitrogens is 1. The molecular formula is C13H21N3OS. The summed E-state index contributed by atoms with van der Waals surface area (Å²) in [5.41, 5.74) is 2.98. The minimum absolute atomic E-state index is 0.200. The second-order valence-corrected chi connectivity index (χ2v) is 5.61. The number of carbonyl (C=O) groups is 1. The van der Waals surface area contributed by atoms with Crippen LogP contribution in [-0.2, 0) is 11.3 Å². The third-order valence-electron chi connectivity index (χ3n) is 3.73. The van der Waals surface area contributed by atoms with Gasteiger partial charge in [-0.15, -0.1) is 11.3 Å². The highest BCUT2D eigenvalue weighted by molar-refractivity contribution is 7.07. The Morgan fingerprint density at radius 2 is 2.50 bits per heavy atom. The summed E-state index contributed by atoms with van der Waals surface area (Å²) in [4.78, 5) is 17.7. The predicted octanol–water partition coefficient (Wildman–Crippen LogP) is 1.88. The van der Waals surface area contributed by atoms with Gasteiger partial charge in [-0.1, -0.05) is 13.3 Å². The van der Waals surface area contributed by atoms with Gasteiger partial charge in [0.15, 0.2) is 0 Å². The van der Waals surface area contributed by atoms with E-state index in [9.17, 15) is 4.79 Å². The highest BCUT2D eigenvalue weighted by Crippen LogP contribution is 2.20. The van der Waals surface area contributed by atoms with E-state index in [4.69, 9.17) is 0 Å². The molecule has 0 saturated carbocycles. The van der Waals surface area contributed by atoms with Crippen molar-refractivity contribution in [2.24, 2.45) is 5.92 Å². The zero-order valence-corrected chi connectivity index (χ0v) is 11.9. The van der Waals surface area contributed by atoms with Gasteiger partial charge in [0.25, 0.3) is 0 Å². The fraction of sp³-hybridized carbons (Fsp3) is 0.692. The fourth-order valence-corrected chi connectivity index (χ4v) is 3.12. The normalized spacial score (nSPS) is 24.2. The van der Waals surface area contributed by atoms with Crippen molar-refractivity contribution in [3.63, 3.8) is 0 Å². The van der Waals surface area contributed by atoms with Crippen LogP contribution >= 0.6 is 11.3 Å². The van der Waals surface area contributed by atoms with Crippen molar-refractivity contribution in [3.05, 3.63) is 16.6 Å². The van der Waals surface area contributed by atoms with E-state index in [0.717, 1.165) is 38.2 Å². The molecule has 2 atom stereocenters. The van der Waals surface area contributed by atoms with Crippen molar-refractivity contribution >= 4 is 17.2 Å². The van der Waals surface area contributed by atoms with Gasteiger partial charge in [0.2, 0.25) is 5.91 Å². The van der Waals surface area contributed by atoms with Crippen LogP contribution in [0.2, 0.25) is 0 Å². The molecule has 1 amide bonds. The molecule has 1 aromatic heterocycles. The average molecular weight is 267 g/mol. The molecule has 4 nitrogen and oxygen atoms in total. The van der Waals surface area contributed by atoms with Crippen molar-refractivity contribution < 1.29 is 4.79 Å². The summed E-state index contributed by atoms with van der Waals surface area (Å²) in [6, 6.07) is 0.507. The molecule has 0 spiro atoms. The first kappa shape index (κ1) is 13.5. The molecule has 1 aromatic rings. The summed E-state index contributed by atoms with van der Waals surface area (Å²) >= 11 is 1.63. The Kier molecular flexibility index (Phi) is 4.72. The van der Waals surface area contributed by atoms with Gasteiger partial charge in [-0.2, -0.15) is 0 Å². The quantitative estimate of drug-likeness (QED) is 0.906. The lowest BCUT2D eigenvalue weighted by Crippen LogP contribution is -2.50. The van der Waals surface area contributed by atoms with Gasteiger partial charge in [-0.05, 0) is 12.3 Å². The van der Waals surface area contributed by atoms with Crippen LogP contribution in [0.3, 0.4) is 0 Å². The van der Waals surface area contributed by atoms with Gasteiger partial charge < -0.3 is 10.2 Å². The van der Waals surface area contributed by atoms with Crippen LogP contribution in [0.5, 0.6) is 0 Å². The molecule has 1 saturated heterocycles. The van der Waals surface area contributed by atoms with Gasteiger partial charge in [-0.3, -0.25) is 4.79 Å². The third kappa shape index (κ3) is 3.29. The van der Waals surface area contributed by atoms with Crippen LogP contribution in [0.25, 0.3) is 0 Å². The number of thiazole rings is 1. The fourth-order valence-electron chi connectivity index (χ4n) is 2.56. The zero-order valence-electron chi connectivity index (χ0n) is 11.1. The first-order chi connectivity index (χ1) is 8.70. The Hall–Kier alpha value is -0.940. The van der Waals surface area contributed by atoms with E-state index in [1.165, 1.54) is 0 Å². The molecule has 0 unspecified atom stereocenters. The lowest BCUT2D eigenvalue weighted by molar-refractivity contribution is -0.131. The third-order valence-corrected chi connectivity index (χ3v) is 4.37. The van der Waals surface area contributed by atoms with E-state index in [1.54, 1.807) is 18.3 Å². The smallest absolute Gasteiger partial charge is 0.219 e. The maximum absolute atomic E-state index is 11.4. The molecule has 0 aromatic carbocycles. The Morgan fingerprint density at radius 1 is 1.67 bits per heavy atom. The number of rotatable bonds is 4. The van der Waals surface area contributed by atoms with Crippen LogP contribution in [0.4, 0.5) is 0 Å². The first-order valence-corrected chi connectivity index (χ1v) is 7.51. The molecule has 5 heteroatoms. The number of hydrogen-bond donors (Lipinski definition) is 1.